The number of hydrogen-bond donors (Lipinski definition) is 0. The summed E-state index contributed by atoms with van der Waals surface area (Å²) in [4.78, 5) is 26.3. The van der Waals surface area contributed by atoms with E-state index in [9.17, 15) is 9.59 Å². The summed E-state index contributed by atoms with van der Waals surface area (Å²) in [7, 11) is 1.40. The van der Waals surface area contributed by atoms with E-state index in [2.05, 4.69) is 18.9 Å². The molecule has 0 aliphatic heterocycles. The summed E-state index contributed by atoms with van der Waals surface area (Å²) in [5.41, 5.74) is 4.58. The molecule has 1 aliphatic carbocycles. The molecule has 0 saturated heterocycles. The van der Waals surface area contributed by atoms with Crippen LogP contribution in [-0.2, 0) is 16.0 Å². The standard InChI is InChI=1S/C22H29N3O3/c1-14(2)24(18-10-11-18)22(27)17-6-8-19(9-7-17)25-16(4)20(15(3)23-25)12-13-21(26)28-5/h6-9,14,18H,10-13H2,1-5H3. The lowest BCUT2D eigenvalue weighted by Gasteiger charge is -2.26. The van der Waals surface area contributed by atoms with Gasteiger partial charge in [0.05, 0.1) is 18.5 Å². The number of nitrogens with zero attached hydrogens (tertiary/aromatic N) is 3. The SMILES string of the molecule is COC(=O)CCc1c(C)nn(-c2ccc(C(=O)N(C(C)C)C3CC3)cc2)c1C. The molecule has 0 atom stereocenters. The van der Waals surface area contributed by atoms with Crippen molar-refractivity contribution in [3.63, 3.8) is 0 Å². The third-order valence-electron chi connectivity index (χ3n) is 5.34. The quantitative estimate of drug-likeness (QED) is 0.685. The fourth-order valence-corrected chi connectivity index (χ4v) is 3.69. The largest absolute Gasteiger partial charge is 0.469 e. The van der Waals surface area contributed by atoms with E-state index >= 15 is 0 Å². The average Bonchev–Trinajstić information content (AvgIpc) is 3.46. The van der Waals surface area contributed by atoms with E-state index in [0.717, 1.165) is 35.5 Å². The summed E-state index contributed by atoms with van der Waals surface area (Å²) >= 11 is 0. The van der Waals surface area contributed by atoms with Crippen LogP contribution in [0.5, 0.6) is 0 Å². The fourth-order valence-electron chi connectivity index (χ4n) is 3.69. The molecule has 0 bridgehead atoms. The number of aryl methyl sites for hydroxylation is 1. The molecule has 1 aromatic heterocycles. The van der Waals surface area contributed by atoms with Gasteiger partial charge >= 0.3 is 5.97 Å². The predicted octanol–water partition coefficient (Wildman–Crippen LogP) is 3.61. The molecule has 6 heteroatoms. The number of aromatic nitrogens is 2. The molecule has 0 N–H and O–H groups in total. The van der Waals surface area contributed by atoms with Crippen LogP contribution in [0.4, 0.5) is 0 Å². The molecule has 28 heavy (non-hydrogen) atoms. The van der Waals surface area contributed by atoms with Gasteiger partial charge in [0, 0.05) is 29.8 Å². The summed E-state index contributed by atoms with van der Waals surface area (Å²) in [5.74, 6) is -0.129. The second-order valence-electron chi connectivity index (χ2n) is 7.72. The molecular formula is C22H29N3O3. The van der Waals surface area contributed by atoms with Crippen molar-refractivity contribution in [1.82, 2.24) is 14.7 Å². The van der Waals surface area contributed by atoms with E-state index in [1.54, 1.807) is 0 Å². The van der Waals surface area contributed by atoms with Gasteiger partial charge < -0.3 is 9.64 Å². The van der Waals surface area contributed by atoms with Gasteiger partial charge in [-0.25, -0.2) is 4.68 Å². The Labute approximate surface area is 166 Å². The van der Waals surface area contributed by atoms with E-state index in [0.29, 0.717) is 24.4 Å². The summed E-state index contributed by atoms with van der Waals surface area (Å²) in [6.07, 6.45) is 3.14. The van der Waals surface area contributed by atoms with Crippen LogP contribution in [0.25, 0.3) is 5.69 Å². The van der Waals surface area contributed by atoms with Crippen molar-refractivity contribution in [1.29, 1.82) is 0 Å². The number of carbonyl (C=O) groups excluding carboxylic acids is 2. The van der Waals surface area contributed by atoms with Crippen LogP contribution in [0.1, 0.15) is 60.4 Å². The van der Waals surface area contributed by atoms with Gasteiger partial charge in [-0.15, -0.1) is 0 Å². The Hall–Kier alpha value is -2.63. The Bertz CT molecular complexity index is 862. The number of benzene rings is 1. The molecular weight excluding hydrogens is 354 g/mol. The molecule has 1 amide bonds. The number of hydrogen-bond acceptors (Lipinski definition) is 4. The van der Waals surface area contributed by atoms with Crippen molar-refractivity contribution in [2.45, 2.75) is 65.5 Å². The van der Waals surface area contributed by atoms with Crippen LogP contribution in [0, 0.1) is 13.8 Å². The van der Waals surface area contributed by atoms with Crippen LogP contribution in [-0.4, -0.2) is 45.8 Å². The van der Waals surface area contributed by atoms with Crippen molar-refractivity contribution in [3.8, 4) is 5.69 Å². The Balaban J connectivity index is 1.80. The normalized spacial score (nSPS) is 13.6. The molecule has 1 heterocycles. The summed E-state index contributed by atoms with van der Waals surface area (Å²) in [6.45, 7) is 8.08. The molecule has 0 spiro atoms. The summed E-state index contributed by atoms with van der Waals surface area (Å²) < 4.78 is 6.61. The number of ether oxygens (including phenoxy) is 1. The number of methoxy groups -OCH3 is 1. The zero-order valence-corrected chi connectivity index (χ0v) is 17.4. The molecule has 1 fully saturated rings. The van der Waals surface area contributed by atoms with Gasteiger partial charge in [-0.1, -0.05) is 0 Å². The lowest BCUT2D eigenvalue weighted by atomic mass is 10.1. The minimum atomic E-state index is -0.222. The van der Waals surface area contributed by atoms with Gasteiger partial charge in [-0.05, 0) is 76.8 Å². The monoisotopic (exact) mass is 383 g/mol. The lowest BCUT2D eigenvalue weighted by molar-refractivity contribution is -0.140. The molecule has 2 aromatic rings. The minimum Gasteiger partial charge on any atom is -0.469 e. The van der Waals surface area contributed by atoms with Gasteiger partial charge in [0.25, 0.3) is 5.91 Å². The smallest absolute Gasteiger partial charge is 0.305 e. The van der Waals surface area contributed by atoms with Crippen LogP contribution < -0.4 is 0 Å². The summed E-state index contributed by atoms with van der Waals surface area (Å²) in [6, 6.07) is 8.21. The van der Waals surface area contributed by atoms with Crippen molar-refractivity contribution in [3.05, 3.63) is 46.8 Å². The average molecular weight is 383 g/mol. The van der Waals surface area contributed by atoms with Crippen molar-refractivity contribution >= 4 is 11.9 Å². The number of rotatable bonds is 7. The van der Waals surface area contributed by atoms with Crippen molar-refractivity contribution in [2.24, 2.45) is 0 Å². The number of carbonyl (C=O) groups is 2. The maximum Gasteiger partial charge on any atom is 0.305 e. The maximum atomic E-state index is 12.9. The van der Waals surface area contributed by atoms with Gasteiger partial charge in [0.2, 0.25) is 0 Å². The highest BCUT2D eigenvalue weighted by Gasteiger charge is 2.34. The van der Waals surface area contributed by atoms with E-state index in [4.69, 9.17) is 4.74 Å². The van der Waals surface area contributed by atoms with Crippen LogP contribution in [0.2, 0.25) is 0 Å². The summed E-state index contributed by atoms with van der Waals surface area (Å²) in [5, 5.41) is 4.63. The molecule has 1 saturated carbocycles. The second-order valence-corrected chi connectivity index (χ2v) is 7.72. The van der Waals surface area contributed by atoms with Crippen molar-refractivity contribution in [2.75, 3.05) is 7.11 Å². The Morgan fingerprint density at radius 2 is 1.86 bits per heavy atom. The highest BCUT2D eigenvalue weighted by atomic mass is 16.5. The molecule has 1 aromatic carbocycles. The third kappa shape index (κ3) is 4.11. The molecule has 0 radical (unpaired) electrons. The minimum absolute atomic E-state index is 0.0937. The maximum absolute atomic E-state index is 12.9. The molecule has 3 rings (SSSR count). The highest BCUT2D eigenvalue weighted by Crippen LogP contribution is 2.30. The van der Waals surface area contributed by atoms with Crippen LogP contribution in [0.3, 0.4) is 0 Å². The molecule has 150 valence electrons. The Morgan fingerprint density at radius 1 is 1.21 bits per heavy atom. The highest BCUT2D eigenvalue weighted by molar-refractivity contribution is 5.95. The van der Waals surface area contributed by atoms with E-state index in [1.165, 1.54) is 7.11 Å². The van der Waals surface area contributed by atoms with Crippen LogP contribution >= 0.6 is 0 Å². The first-order valence-corrected chi connectivity index (χ1v) is 9.88. The first kappa shape index (κ1) is 20.1. The molecule has 0 unspecified atom stereocenters. The zero-order valence-electron chi connectivity index (χ0n) is 17.4. The van der Waals surface area contributed by atoms with Gasteiger partial charge in [-0.2, -0.15) is 5.10 Å². The topological polar surface area (TPSA) is 64.4 Å². The van der Waals surface area contributed by atoms with Gasteiger partial charge in [-0.3, -0.25) is 9.59 Å². The third-order valence-corrected chi connectivity index (χ3v) is 5.34. The van der Waals surface area contributed by atoms with Gasteiger partial charge in [0.1, 0.15) is 0 Å². The van der Waals surface area contributed by atoms with E-state index < -0.39 is 0 Å². The van der Waals surface area contributed by atoms with E-state index in [-0.39, 0.29) is 17.9 Å². The second kappa shape index (κ2) is 8.17. The van der Waals surface area contributed by atoms with E-state index in [1.807, 2.05) is 47.7 Å². The number of amides is 1. The Kier molecular flexibility index (Phi) is 5.87. The lowest BCUT2D eigenvalue weighted by Crippen LogP contribution is -2.38. The molecule has 1 aliphatic rings. The first-order valence-electron chi connectivity index (χ1n) is 9.88. The molecule has 6 nitrogen and oxygen atoms in total. The number of esters is 1. The van der Waals surface area contributed by atoms with Crippen molar-refractivity contribution < 1.29 is 14.3 Å². The first-order chi connectivity index (χ1) is 13.3. The Morgan fingerprint density at radius 3 is 2.39 bits per heavy atom. The van der Waals surface area contributed by atoms with Crippen LogP contribution in [0.15, 0.2) is 24.3 Å². The fraction of sp³-hybridized carbons (Fsp3) is 0.500. The predicted molar refractivity (Wildman–Crippen MR) is 108 cm³/mol. The van der Waals surface area contributed by atoms with Gasteiger partial charge in [0.15, 0.2) is 0 Å². The zero-order chi connectivity index (χ0) is 20.4.